The summed E-state index contributed by atoms with van der Waals surface area (Å²) in [6.07, 6.45) is 0. The number of carbonyl (C=O) groups excluding carboxylic acids is 1. The van der Waals surface area contributed by atoms with E-state index in [1.54, 1.807) is 12.1 Å². The maximum atomic E-state index is 12.7. The minimum atomic E-state index is -3.56. The van der Waals surface area contributed by atoms with Gasteiger partial charge in [-0.15, -0.1) is 0 Å². The lowest BCUT2D eigenvalue weighted by Crippen LogP contribution is -2.27. The van der Waals surface area contributed by atoms with Gasteiger partial charge in [0.1, 0.15) is 0 Å². The fourth-order valence-electron chi connectivity index (χ4n) is 3.43. The smallest absolute Gasteiger partial charge is 0.240 e. The molecule has 1 aromatic heterocycles. The number of thioether (sulfide) groups is 1. The molecule has 176 valence electrons. The molecule has 2 N–H and O–H groups in total. The normalized spacial score (nSPS) is 12.8. The molecule has 0 radical (unpaired) electrons. The lowest BCUT2D eigenvalue weighted by atomic mass is 10.0. The number of anilines is 1. The van der Waals surface area contributed by atoms with Gasteiger partial charge in [0.25, 0.3) is 0 Å². The van der Waals surface area contributed by atoms with Crippen molar-refractivity contribution in [3.63, 3.8) is 0 Å². The highest BCUT2D eigenvalue weighted by Crippen LogP contribution is 2.29. The Balaban J connectivity index is 1.69. The molecule has 1 heterocycles. The maximum Gasteiger partial charge on any atom is 0.240 e. The van der Waals surface area contributed by atoms with Crippen LogP contribution in [0.1, 0.15) is 37.5 Å². The second kappa shape index (κ2) is 10.2. The van der Waals surface area contributed by atoms with Crippen LogP contribution in [0.25, 0.3) is 10.9 Å². The number of sulfonamides is 1. The average Bonchev–Trinajstić information content (AvgIpc) is 2.73. The van der Waals surface area contributed by atoms with E-state index in [4.69, 9.17) is 4.98 Å². The van der Waals surface area contributed by atoms with Crippen molar-refractivity contribution in [2.75, 3.05) is 11.9 Å². The van der Waals surface area contributed by atoms with Gasteiger partial charge in [0.05, 0.1) is 20.7 Å². The highest BCUT2D eigenvalue weighted by atomic mass is 32.2. The van der Waals surface area contributed by atoms with Crippen molar-refractivity contribution in [3.8, 4) is 0 Å². The third-order valence-corrected chi connectivity index (χ3v) is 7.67. The summed E-state index contributed by atoms with van der Waals surface area (Å²) in [7, 11) is -3.56. The fraction of sp³-hybridized carbons (Fsp3) is 0.360. The zero-order valence-corrected chi connectivity index (χ0v) is 21.5. The van der Waals surface area contributed by atoms with Crippen LogP contribution in [0.2, 0.25) is 0 Å². The lowest BCUT2D eigenvalue weighted by molar-refractivity contribution is -0.115. The highest BCUT2D eigenvalue weighted by molar-refractivity contribution is 8.00. The van der Waals surface area contributed by atoms with Crippen molar-refractivity contribution in [3.05, 3.63) is 59.2 Å². The standard InChI is InChI=1S/C25H31N3O3S2/c1-15(2)14-26-33(30,31)21-9-7-20(8-10-21)27-25(29)19(6)32-23-13-17(4)22-12-16(3)11-18(5)24(22)28-23/h7-13,15,19,26H,14H2,1-6H3,(H,27,29). The zero-order valence-electron chi connectivity index (χ0n) is 19.9. The van der Waals surface area contributed by atoms with E-state index < -0.39 is 10.0 Å². The van der Waals surface area contributed by atoms with E-state index in [-0.39, 0.29) is 22.0 Å². The molecule has 1 amide bonds. The first kappa shape index (κ1) is 25.2. The molecule has 0 aliphatic heterocycles. The first-order valence-electron chi connectivity index (χ1n) is 10.9. The number of hydrogen-bond donors (Lipinski definition) is 2. The number of carbonyl (C=O) groups is 1. The van der Waals surface area contributed by atoms with E-state index in [1.807, 2.05) is 26.8 Å². The van der Waals surface area contributed by atoms with E-state index >= 15 is 0 Å². The summed E-state index contributed by atoms with van der Waals surface area (Å²) in [6, 6.07) is 12.5. The van der Waals surface area contributed by atoms with Crippen molar-refractivity contribution >= 4 is 44.3 Å². The van der Waals surface area contributed by atoms with Crippen LogP contribution in [0, 0.1) is 26.7 Å². The molecule has 0 spiro atoms. The van der Waals surface area contributed by atoms with Gasteiger partial charge in [-0.3, -0.25) is 4.79 Å². The third kappa shape index (κ3) is 6.34. The number of nitrogens with zero attached hydrogens (tertiary/aromatic N) is 1. The van der Waals surface area contributed by atoms with Crippen molar-refractivity contribution in [2.45, 2.75) is 56.7 Å². The summed E-state index contributed by atoms with van der Waals surface area (Å²) in [5, 5.41) is 4.41. The Morgan fingerprint density at radius 3 is 2.30 bits per heavy atom. The van der Waals surface area contributed by atoms with Crippen LogP contribution in [-0.2, 0) is 14.8 Å². The summed E-state index contributed by atoms with van der Waals surface area (Å²) in [5.41, 5.74) is 4.95. The molecule has 0 fully saturated rings. The van der Waals surface area contributed by atoms with Crippen LogP contribution in [0.3, 0.4) is 0 Å². The molecule has 0 saturated heterocycles. The summed E-state index contributed by atoms with van der Waals surface area (Å²) in [6.45, 7) is 12.3. The van der Waals surface area contributed by atoms with E-state index in [0.29, 0.717) is 12.2 Å². The van der Waals surface area contributed by atoms with Gasteiger partial charge < -0.3 is 5.32 Å². The van der Waals surface area contributed by atoms with Gasteiger partial charge in [-0.2, -0.15) is 0 Å². The summed E-state index contributed by atoms with van der Waals surface area (Å²) in [5.74, 6) is 0.0416. The molecule has 1 unspecified atom stereocenters. The molecule has 0 bridgehead atoms. The number of rotatable bonds is 8. The predicted octanol–water partition coefficient (Wildman–Crippen LogP) is 5.21. The van der Waals surface area contributed by atoms with Gasteiger partial charge >= 0.3 is 0 Å². The molecule has 6 nitrogen and oxygen atoms in total. The molecule has 3 aromatic rings. The van der Waals surface area contributed by atoms with Gasteiger partial charge in [0.15, 0.2) is 0 Å². The fourth-order valence-corrected chi connectivity index (χ4v) is 5.56. The van der Waals surface area contributed by atoms with Gasteiger partial charge in [0.2, 0.25) is 15.9 Å². The minimum Gasteiger partial charge on any atom is -0.325 e. The van der Waals surface area contributed by atoms with Crippen LogP contribution in [0.15, 0.2) is 52.4 Å². The number of aryl methyl sites for hydroxylation is 3. The quantitative estimate of drug-likeness (QED) is 0.428. The first-order valence-corrected chi connectivity index (χ1v) is 13.3. The Bertz CT molecular complexity index is 1270. The molecule has 0 aliphatic rings. The Labute approximate surface area is 200 Å². The van der Waals surface area contributed by atoms with Crippen molar-refractivity contribution in [2.24, 2.45) is 5.92 Å². The topological polar surface area (TPSA) is 88.2 Å². The summed E-state index contributed by atoms with van der Waals surface area (Å²) in [4.78, 5) is 17.7. The van der Waals surface area contributed by atoms with Gasteiger partial charge in [0, 0.05) is 17.6 Å². The van der Waals surface area contributed by atoms with Crippen LogP contribution in [0.5, 0.6) is 0 Å². The maximum absolute atomic E-state index is 12.7. The minimum absolute atomic E-state index is 0.171. The van der Waals surface area contributed by atoms with Crippen LogP contribution < -0.4 is 10.0 Å². The van der Waals surface area contributed by atoms with Crippen molar-refractivity contribution < 1.29 is 13.2 Å². The molecule has 3 rings (SSSR count). The number of aromatic nitrogens is 1. The van der Waals surface area contributed by atoms with Crippen molar-refractivity contribution in [1.82, 2.24) is 9.71 Å². The Morgan fingerprint density at radius 2 is 1.67 bits per heavy atom. The lowest BCUT2D eigenvalue weighted by Gasteiger charge is -2.14. The predicted molar refractivity (Wildman–Crippen MR) is 136 cm³/mol. The Morgan fingerprint density at radius 1 is 1.00 bits per heavy atom. The SMILES string of the molecule is Cc1cc(C)c2nc(SC(C)C(=O)Nc3ccc(S(=O)(=O)NCC(C)C)cc3)cc(C)c2c1. The molecule has 2 aromatic carbocycles. The molecule has 1 atom stereocenters. The van der Waals surface area contributed by atoms with E-state index in [1.165, 1.54) is 29.5 Å². The Hall–Kier alpha value is -2.42. The highest BCUT2D eigenvalue weighted by Gasteiger charge is 2.18. The number of hydrogen-bond acceptors (Lipinski definition) is 5. The number of pyridine rings is 1. The van der Waals surface area contributed by atoms with Crippen LogP contribution in [0.4, 0.5) is 5.69 Å². The van der Waals surface area contributed by atoms with Crippen molar-refractivity contribution in [1.29, 1.82) is 0 Å². The zero-order chi connectivity index (χ0) is 24.3. The van der Waals surface area contributed by atoms with Gasteiger partial charge in [-0.25, -0.2) is 18.1 Å². The average molecular weight is 486 g/mol. The number of nitrogens with one attached hydrogen (secondary N) is 2. The van der Waals surface area contributed by atoms with E-state index in [2.05, 4.69) is 42.9 Å². The van der Waals surface area contributed by atoms with E-state index in [0.717, 1.165) is 27.1 Å². The second-order valence-corrected chi connectivity index (χ2v) is 11.9. The number of amides is 1. The third-order valence-electron chi connectivity index (χ3n) is 5.21. The number of fused-ring (bicyclic) bond motifs is 1. The summed E-state index contributed by atoms with van der Waals surface area (Å²) >= 11 is 1.40. The van der Waals surface area contributed by atoms with E-state index in [9.17, 15) is 13.2 Å². The molecule has 8 heteroatoms. The van der Waals surface area contributed by atoms with Gasteiger partial charge in [-0.05, 0) is 81.1 Å². The molecule has 0 aliphatic carbocycles. The summed E-state index contributed by atoms with van der Waals surface area (Å²) < 4.78 is 27.3. The van der Waals surface area contributed by atoms with Crippen LogP contribution >= 0.6 is 11.8 Å². The number of benzene rings is 2. The largest absolute Gasteiger partial charge is 0.325 e. The van der Waals surface area contributed by atoms with Gasteiger partial charge in [-0.1, -0.05) is 37.2 Å². The first-order chi connectivity index (χ1) is 15.5. The van der Waals surface area contributed by atoms with Crippen LogP contribution in [-0.4, -0.2) is 31.1 Å². The Kier molecular flexibility index (Phi) is 7.82. The molecular formula is C25H31N3O3S2. The molecular weight excluding hydrogens is 454 g/mol. The second-order valence-electron chi connectivity index (χ2n) is 8.77. The molecule has 33 heavy (non-hydrogen) atoms. The molecule has 0 saturated carbocycles. The monoisotopic (exact) mass is 485 g/mol.